The lowest BCUT2D eigenvalue weighted by Crippen LogP contribution is -2.25. The lowest BCUT2D eigenvalue weighted by Gasteiger charge is -2.07. The van der Waals surface area contributed by atoms with Crippen LogP contribution in [0.1, 0.15) is 16.8 Å². The number of carbonyl (C=O) groups is 1. The molecule has 120 valence electrons. The van der Waals surface area contributed by atoms with E-state index in [4.69, 9.17) is 0 Å². The van der Waals surface area contributed by atoms with Crippen molar-refractivity contribution >= 4 is 5.91 Å². The third-order valence-electron chi connectivity index (χ3n) is 3.71. The molecule has 1 heterocycles. The maximum atomic E-state index is 12.1. The van der Waals surface area contributed by atoms with Crippen molar-refractivity contribution in [2.45, 2.75) is 19.9 Å². The molecule has 0 aliphatic rings. The van der Waals surface area contributed by atoms with Crippen molar-refractivity contribution in [1.82, 2.24) is 15.3 Å². The third-order valence-corrected chi connectivity index (χ3v) is 3.71. The Morgan fingerprint density at radius 3 is 2.62 bits per heavy atom. The number of nitrogens with one attached hydrogen (secondary N) is 1. The summed E-state index contributed by atoms with van der Waals surface area (Å²) in [5.74, 6) is -0.0135. The van der Waals surface area contributed by atoms with Crippen LogP contribution in [0.5, 0.6) is 0 Å². The van der Waals surface area contributed by atoms with Gasteiger partial charge in [0.1, 0.15) is 6.33 Å². The van der Waals surface area contributed by atoms with Crippen LogP contribution >= 0.6 is 0 Å². The van der Waals surface area contributed by atoms with Gasteiger partial charge in [-0.25, -0.2) is 9.97 Å². The summed E-state index contributed by atoms with van der Waals surface area (Å²) in [6, 6.07) is 19.8. The fourth-order valence-electron chi connectivity index (χ4n) is 2.52. The maximum absolute atomic E-state index is 12.1. The summed E-state index contributed by atoms with van der Waals surface area (Å²) >= 11 is 0. The van der Waals surface area contributed by atoms with E-state index >= 15 is 0 Å². The van der Waals surface area contributed by atoms with Crippen LogP contribution in [-0.2, 0) is 17.8 Å². The second-order valence-electron chi connectivity index (χ2n) is 5.70. The Hall–Kier alpha value is -3.01. The molecule has 0 bridgehead atoms. The highest BCUT2D eigenvalue weighted by atomic mass is 16.1. The van der Waals surface area contributed by atoms with Crippen molar-refractivity contribution < 1.29 is 4.79 Å². The lowest BCUT2D eigenvalue weighted by atomic mass is 10.1. The molecule has 1 N–H and O–H groups in total. The Kier molecular flexibility index (Phi) is 4.96. The van der Waals surface area contributed by atoms with E-state index in [1.54, 1.807) is 0 Å². The van der Waals surface area contributed by atoms with E-state index in [1.807, 2.05) is 67.6 Å². The molecule has 4 nitrogen and oxygen atoms in total. The SMILES string of the molecule is Cc1cccc(CC(=O)NCc2cc(-c3ccccc3)ncn2)c1. The van der Waals surface area contributed by atoms with Crippen LogP contribution in [0.15, 0.2) is 67.0 Å². The van der Waals surface area contributed by atoms with Gasteiger partial charge in [0.15, 0.2) is 0 Å². The molecule has 0 unspecified atom stereocenters. The predicted octanol–water partition coefficient (Wildman–Crippen LogP) is 3.31. The van der Waals surface area contributed by atoms with Gasteiger partial charge in [0, 0.05) is 5.56 Å². The monoisotopic (exact) mass is 317 g/mol. The highest BCUT2D eigenvalue weighted by molar-refractivity contribution is 5.78. The first kappa shape index (κ1) is 15.9. The quantitative estimate of drug-likeness (QED) is 0.785. The molecule has 0 saturated heterocycles. The second kappa shape index (κ2) is 7.51. The average Bonchev–Trinajstić information content (AvgIpc) is 2.61. The van der Waals surface area contributed by atoms with Gasteiger partial charge >= 0.3 is 0 Å². The zero-order chi connectivity index (χ0) is 16.8. The van der Waals surface area contributed by atoms with Crippen LogP contribution in [-0.4, -0.2) is 15.9 Å². The largest absolute Gasteiger partial charge is 0.350 e. The first-order valence-electron chi connectivity index (χ1n) is 7.89. The number of amides is 1. The zero-order valence-corrected chi connectivity index (χ0v) is 13.6. The molecule has 0 aliphatic carbocycles. The topological polar surface area (TPSA) is 54.9 Å². The predicted molar refractivity (Wildman–Crippen MR) is 94.2 cm³/mol. The van der Waals surface area contributed by atoms with E-state index in [1.165, 1.54) is 6.33 Å². The van der Waals surface area contributed by atoms with E-state index in [2.05, 4.69) is 15.3 Å². The van der Waals surface area contributed by atoms with E-state index in [9.17, 15) is 4.79 Å². The maximum Gasteiger partial charge on any atom is 0.224 e. The van der Waals surface area contributed by atoms with Gasteiger partial charge in [-0.1, -0.05) is 60.2 Å². The van der Waals surface area contributed by atoms with Crippen molar-refractivity contribution in [3.05, 3.63) is 83.8 Å². The second-order valence-corrected chi connectivity index (χ2v) is 5.70. The Labute approximate surface area is 141 Å². The molecule has 0 saturated carbocycles. The van der Waals surface area contributed by atoms with Crippen molar-refractivity contribution in [2.24, 2.45) is 0 Å². The zero-order valence-electron chi connectivity index (χ0n) is 13.6. The third kappa shape index (κ3) is 4.26. The molecule has 2 aromatic carbocycles. The van der Waals surface area contributed by atoms with Crippen LogP contribution in [0.2, 0.25) is 0 Å². The summed E-state index contributed by atoms with van der Waals surface area (Å²) in [5, 5.41) is 2.92. The van der Waals surface area contributed by atoms with Gasteiger partial charge in [-0.15, -0.1) is 0 Å². The normalized spacial score (nSPS) is 10.4. The minimum Gasteiger partial charge on any atom is -0.350 e. The molecule has 1 aromatic heterocycles. The summed E-state index contributed by atoms with van der Waals surface area (Å²) in [7, 11) is 0. The molecule has 4 heteroatoms. The summed E-state index contributed by atoms with van der Waals surface area (Å²) in [6.45, 7) is 2.42. The van der Waals surface area contributed by atoms with Crippen LogP contribution < -0.4 is 5.32 Å². The highest BCUT2D eigenvalue weighted by Crippen LogP contribution is 2.16. The lowest BCUT2D eigenvalue weighted by molar-refractivity contribution is -0.120. The molecular weight excluding hydrogens is 298 g/mol. The molecule has 3 rings (SSSR count). The molecule has 1 amide bonds. The summed E-state index contributed by atoms with van der Waals surface area (Å²) < 4.78 is 0. The number of aryl methyl sites for hydroxylation is 1. The summed E-state index contributed by atoms with van der Waals surface area (Å²) in [5.41, 5.74) is 4.85. The van der Waals surface area contributed by atoms with Gasteiger partial charge in [-0.05, 0) is 18.6 Å². The van der Waals surface area contributed by atoms with Crippen LogP contribution in [0.3, 0.4) is 0 Å². The van der Waals surface area contributed by atoms with Gasteiger partial charge in [-0.2, -0.15) is 0 Å². The smallest absolute Gasteiger partial charge is 0.224 e. The average molecular weight is 317 g/mol. The molecule has 24 heavy (non-hydrogen) atoms. The molecular formula is C20H19N3O. The van der Waals surface area contributed by atoms with Crippen LogP contribution in [0.4, 0.5) is 0 Å². The van der Waals surface area contributed by atoms with E-state index in [-0.39, 0.29) is 5.91 Å². The van der Waals surface area contributed by atoms with Gasteiger partial charge in [0.2, 0.25) is 5.91 Å². The molecule has 3 aromatic rings. The first-order chi connectivity index (χ1) is 11.7. The summed E-state index contributed by atoms with van der Waals surface area (Å²) in [4.78, 5) is 20.6. The summed E-state index contributed by atoms with van der Waals surface area (Å²) in [6.07, 6.45) is 1.91. The first-order valence-corrected chi connectivity index (χ1v) is 7.89. The van der Waals surface area contributed by atoms with Crippen LogP contribution in [0.25, 0.3) is 11.3 Å². The number of rotatable bonds is 5. The molecule has 0 atom stereocenters. The highest BCUT2D eigenvalue weighted by Gasteiger charge is 2.06. The van der Waals surface area contributed by atoms with E-state index < -0.39 is 0 Å². The minimum absolute atomic E-state index is 0.0135. The Balaban J connectivity index is 1.61. The van der Waals surface area contributed by atoms with Crippen molar-refractivity contribution in [3.63, 3.8) is 0 Å². The number of hydrogen-bond acceptors (Lipinski definition) is 3. The molecule has 0 fully saturated rings. The van der Waals surface area contributed by atoms with Gasteiger partial charge in [0.25, 0.3) is 0 Å². The van der Waals surface area contributed by atoms with Gasteiger partial charge in [0.05, 0.1) is 24.4 Å². The number of carbonyl (C=O) groups excluding carboxylic acids is 1. The molecule has 0 aliphatic heterocycles. The number of aromatic nitrogens is 2. The Bertz CT molecular complexity index is 831. The fraction of sp³-hybridized carbons (Fsp3) is 0.150. The van der Waals surface area contributed by atoms with Crippen molar-refractivity contribution in [2.75, 3.05) is 0 Å². The fourth-order valence-corrected chi connectivity index (χ4v) is 2.52. The Morgan fingerprint density at radius 1 is 1.00 bits per heavy atom. The molecule has 0 radical (unpaired) electrons. The molecule has 0 spiro atoms. The van der Waals surface area contributed by atoms with E-state index in [0.29, 0.717) is 13.0 Å². The Morgan fingerprint density at radius 2 is 1.83 bits per heavy atom. The number of hydrogen-bond donors (Lipinski definition) is 1. The van der Waals surface area contributed by atoms with Crippen LogP contribution in [0, 0.1) is 6.92 Å². The number of nitrogens with zero attached hydrogens (tertiary/aromatic N) is 2. The van der Waals surface area contributed by atoms with Crippen molar-refractivity contribution in [1.29, 1.82) is 0 Å². The standard InChI is InChI=1S/C20H19N3O/c1-15-6-5-7-16(10-15)11-20(24)21-13-18-12-19(23-14-22-18)17-8-3-2-4-9-17/h2-10,12,14H,11,13H2,1H3,(H,21,24). The minimum atomic E-state index is -0.0135. The van der Waals surface area contributed by atoms with Crippen molar-refractivity contribution in [3.8, 4) is 11.3 Å². The number of benzene rings is 2. The van der Waals surface area contributed by atoms with Gasteiger partial charge in [-0.3, -0.25) is 4.79 Å². The van der Waals surface area contributed by atoms with E-state index in [0.717, 1.165) is 28.1 Å². The van der Waals surface area contributed by atoms with Gasteiger partial charge < -0.3 is 5.32 Å².